The van der Waals surface area contributed by atoms with Crippen molar-refractivity contribution in [2.24, 2.45) is 4.99 Å². The minimum Gasteiger partial charge on any atom is -0.463 e. The molecule has 0 amide bonds. The number of aromatic nitrogens is 1. The van der Waals surface area contributed by atoms with Gasteiger partial charge in [-0.3, -0.25) is 9.36 Å². The fourth-order valence-corrected chi connectivity index (χ4v) is 5.23. The molecule has 0 saturated heterocycles. The average molecular weight is 501 g/mol. The molecule has 1 aliphatic rings. The lowest BCUT2D eigenvalue weighted by atomic mass is 9.93. The van der Waals surface area contributed by atoms with Crippen molar-refractivity contribution >= 4 is 40.7 Å². The van der Waals surface area contributed by atoms with Gasteiger partial charge in [0, 0.05) is 10.6 Å². The number of fused-ring (bicyclic) bond motifs is 1. The minimum absolute atomic E-state index is 0.205. The van der Waals surface area contributed by atoms with E-state index in [1.165, 1.54) is 11.3 Å². The maximum atomic E-state index is 13.7. The number of rotatable bonds is 5. The van der Waals surface area contributed by atoms with Crippen LogP contribution in [0.2, 0.25) is 5.02 Å². The van der Waals surface area contributed by atoms with Crippen LogP contribution in [0.3, 0.4) is 0 Å². The van der Waals surface area contributed by atoms with Gasteiger partial charge in [-0.05, 0) is 36.3 Å². The Balaban J connectivity index is 1.84. The summed E-state index contributed by atoms with van der Waals surface area (Å²) >= 11 is 7.46. The van der Waals surface area contributed by atoms with E-state index in [4.69, 9.17) is 21.3 Å². The van der Waals surface area contributed by atoms with Crippen molar-refractivity contribution in [1.82, 2.24) is 4.57 Å². The summed E-state index contributed by atoms with van der Waals surface area (Å²) in [5, 5.41) is 0.565. The maximum absolute atomic E-state index is 13.7. The van der Waals surface area contributed by atoms with Crippen molar-refractivity contribution in [3.8, 4) is 0 Å². The molecule has 1 unspecified atom stereocenters. The molecule has 4 aromatic rings. The number of carbonyl (C=O) groups is 1. The number of thiazole rings is 1. The maximum Gasteiger partial charge on any atom is 0.338 e. The van der Waals surface area contributed by atoms with Gasteiger partial charge in [0.1, 0.15) is 0 Å². The highest BCUT2D eigenvalue weighted by Gasteiger charge is 2.35. The molecule has 0 N–H and O–H groups in total. The average Bonchev–Trinajstić information content (AvgIpc) is 3.19. The second-order valence-electron chi connectivity index (χ2n) is 7.89. The second-order valence-corrected chi connectivity index (χ2v) is 9.34. The lowest BCUT2D eigenvalue weighted by Gasteiger charge is -2.25. The first-order chi connectivity index (χ1) is 17.1. The molecule has 1 atom stereocenters. The summed E-state index contributed by atoms with van der Waals surface area (Å²) in [4.78, 5) is 32.4. The molecule has 0 aliphatic carbocycles. The Morgan fingerprint density at radius 2 is 1.69 bits per heavy atom. The molecule has 0 bridgehead atoms. The van der Waals surface area contributed by atoms with Crippen LogP contribution in [0.4, 0.5) is 0 Å². The second kappa shape index (κ2) is 9.86. The van der Waals surface area contributed by atoms with Crippen LogP contribution in [0.25, 0.3) is 11.8 Å². The number of benzene rings is 3. The van der Waals surface area contributed by atoms with Crippen LogP contribution in [0.15, 0.2) is 100 Å². The largest absolute Gasteiger partial charge is 0.463 e. The van der Waals surface area contributed by atoms with Gasteiger partial charge in [-0.1, -0.05) is 95.7 Å². The van der Waals surface area contributed by atoms with Crippen molar-refractivity contribution in [3.05, 3.63) is 132 Å². The molecular formula is C28H21ClN2O3S. The van der Waals surface area contributed by atoms with Gasteiger partial charge in [-0.2, -0.15) is 0 Å². The van der Waals surface area contributed by atoms with Crippen LogP contribution in [-0.2, 0) is 9.53 Å². The summed E-state index contributed by atoms with van der Waals surface area (Å²) in [6, 6.07) is 25.6. The predicted octanol–water partition coefficient (Wildman–Crippen LogP) is 4.59. The number of nitrogens with zero attached hydrogens (tertiary/aromatic N) is 2. The quantitative estimate of drug-likeness (QED) is 0.377. The minimum atomic E-state index is -0.712. The summed E-state index contributed by atoms with van der Waals surface area (Å²) in [7, 11) is 0. The Morgan fingerprint density at radius 1 is 1.03 bits per heavy atom. The lowest BCUT2D eigenvalue weighted by Crippen LogP contribution is -2.40. The third-order valence-electron chi connectivity index (χ3n) is 5.66. The topological polar surface area (TPSA) is 60.7 Å². The summed E-state index contributed by atoms with van der Waals surface area (Å²) in [6.45, 7) is 1.96. The number of halogens is 1. The molecule has 1 aromatic heterocycles. The molecule has 3 aromatic carbocycles. The number of ether oxygens (including phenoxy) is 1. The van der Waals surface area contributed by atoms with Gasteiger partial charge < -0.3 is 4.74 Å². The Labute approximate surface area is 210 Å². The zero-order valence-corrected chi connectivity index (χ0v) is 20.4. The van der Waals surface area contributed by atoms with Crippen LogP contribution >= 0.6 is 22.9 Å². The van der Waals surface area contributed by atoms with Crippen molar-refractivity contribution in [2.75, 3.05) is 6.61 Å². The summed E-state index contributed by atoms with van der Waals surface area (Å²) in [5.41, 5.74) is 3.03. The van der Waals surface area contributed by atoms with Crippen molar-refractivity contribution in [1.29, 1.82) is 0 Å². The predicted molar refractivity (Wildman–Crippen MR) is 139 cm³/mol. The number of carbonyl (C=O) groups excluding carboxylic acids is 1. The molecule has 0 spiro atoms. The summed E-state index contributed by atoms with van der Waals surface area (Å²) < 4.78 is 7.58. The molecule has 7 heteroatoms. The van der Waals surface area contributed by atoms with Crippen molar-refractivity contribution < 1.29 is 9.53 Å². The fourth-order valence-electron chi connectivity index (χ4n) is 4.10. The number of hydrogen-bond donors (Lipinski definition) is 0. The molecule has 1 aliphatic heterocycles. The molecule has 2 heterocycles. The molecular weight excluding hydrogens is 480 g/mol. The van der Waals surface area contributed by atoms with Gasteiger partial charge in [0.15, 0.2) is 4.80 Å². The van der Waals surface area contributed by atoms with Gasteiger partial charge in [0.2, 0.25) is 0 Å². The Hall–Kier alpha value is -3.74. The molecule has 0 fully saturated rings. The van der Waals surface area contributed by atoms with Gasteiger partial charge in [0.05, 0.1) is 28.5 Å². The van der Waals surface area contributed by atoms with Gasteiger partial charge >= 0.3 is 5.97 Å². The van der Waals surface area contributed by atoms with E-state index in [1.807, 2.05) is 78.9 Å². The highest BCUT2D eigenvalue weighted by Crippen LogP contribution is 2.35. The van der Waals surface area contributed by atoms with E-state index < -0.39 is 12.0 Å². The van der Waals surface area contributed by atoms with Crippen molar-refractivity contribution in [3.63, 3.8) is 0 Å². The zero-order valence-electron chi connectivity index (χ0n) is 18.9. The molecule has 0 saturated carbocycles. The van der Waals surface area contributed by atoms with E-state index >= 15 is 0 Å². The van der Waals surface area contributed by atoms with Crippen LogP contribution in [0.5, 0.6) is 0 Å². The lowest BCUT2D eigenvalue weighted by molar-refractivity contribution is -0.138. The molecule has 0 radical (unpaired) electrons. The van der Waals surface area contributed by atoms with Crippen molar-refractivity contribution in [2.45, 2.75) is 13.0 Å². The highest BCUT2D eigenvalue weighted by atomic mass is 35.5. The van der Waals surface area contributed by atoms with E-state index in [0.29, 0.717) is 25.6 Å². The first-order valence-electron chi connectivity index (χ1n) is 11.2. The van der Waals surface area contributed by atoms with E-state index in [2.05, 4.69) is 0 Å². The first kappa shape index (κ1) is 23.0. The zero-order chi connectivity index (χ0) is 24.4. The van der Waals surface area contributed by atoms with Crippen LogP contribution in [-0.4, -0.2) is 17.1 Å². The summed E-state index contributed by atoms with van der Waals surface area (Å²) in [6.07, 6.45) is 1.85. The van der Waals surface area contributed by atoms with E-state index in [0.717, 1.165) is 16.7 Å². The first-order valence-corrected chi connectivity index (χ1v) is 12.3. The molecule has 174 valence electrons. The van der Waals surface area contributed by atoms with E-state index in [-0.39, 0.29) is 12.2 Å². The third-order valence-corrected chi connectivity index (χ3v) is 6.89. The smallest absolute Gasteiger partial charge is 0.338 e. The molecule has 5 rings (SSSR count). The molecule has 5 nitrogen and oxygen atoms in total. The number of hydrogen-bond acceptors (Lipinski definition) is 5. The van der Waals surface area contributed by atoms with Gasteiger partial charge in [-0.15, -0.1) is 0 Å². The standard InChI is InChI=1S/C28H21ClN2O3S/c1-2-34-27(33)23-24(19-11-7-4-8-12-19)30-28-31(25(23)20-13-15-21(29)16-14-20)26(32)22(35-28)17-18-9-5-3-6-10-18/h3-17,25H,2H2,1H3. The van der Waals surface area contributed by atoms with Gasteiger partial charge in [0.25, 0.3) is 5.56 Å². The fraction of sp³-hybridized carbons (Fsp3) is 0.107. The highest BCUT2D eigenvalue weighted by molar-refractivity contribution is 7.07. The van der Waals surface area contributed by atoms with Crippen LogP contribution in [0.1, 0.15) is 29.7 Å². The van der Waals surface area contributed by atoms with E-state index in [1.54, 1.807) is 23.6 Å². The van der Waals surface area contributed by atoms with E-state index in [9.17, 15) is 9.59 Å². The Morgan fingerprint density at radius 3 is 2.34 bits per heavy atom. The number of esters is 1. The SMILES string of the molecule is CCOC(=O)C1=C(c2ccccc2)N=c2sc(=Cc3ccccc3)c(=O)n2C1c1ccc(Cl)cc1. The summed E-state index contributed by atoms with van der Waals surface area (Å²) in [5.74, 6) is -0.507. The normalized spacial score (nSPS) is 15.5. The Bertz CT molecular complexity index is 1590. The molecule has 35 heavy (non-hydrogen) atoms. The van der Waals surface area contributed by atoms with Crippen LogP contribution < -0.4 is 14.9 Å². The van der Waals surface area contributed by atoms with Gasteiger partial charge in [-0.25, -0.2) is 9.79 Å². The monoisotopic (exact) mass is 500 g/mol. The van der Waals surface area contributed by atoms with Crippen LogP contribution in [0, 0.1) is 0 Å². The third kappa shape index (κ3) is 4.50. The Kier molecular flexibility index (Phi) is 6.49.